The van der Waals surface area contributed by atoms with Crippen LogP contribution in [0.5, 0.6) is 11.5 Å². The summed E-state index contributed by atoms with van der Waals surface area (Å²) in [7, 11) is 1.40. The molecule has 2 aliphatic rings. The normalized spacial score (nSPS) is 25.7. The van der Waals surface area contributed by atoms with Crippen molar-refractivity contribution in [2.24, 2.45) is 22.7 Å². The summed E-state index contributed by atoms with van der Waals surface area (Å²) in [6, 6.07) is 4.24. The second kappa shape index (κ2) is 12.0. The Hall–Kier alpha value is -1.34. The summed E-state index contributed by atoms with van der Waals surface area (Å²) < 4.78 is 29.7. The first-order chi connectivity index (χ1) is 17.7. The lowest BCUT2D eigenvalue weighted by atomic mass is 9.47. The Kier molecular flexibility index (Phi) is 9.88. The molecule has 0 saturated heterocycles. The van der Waals surface area contributed by atoms with E-state index in [1.165, 1.54) is 31.3 Å². The molecule has 1 aromatic rings. The van der Waals surface area contributed by atoms with E-state index in [4.69, 9.17) is 23.4 Å². The minimum Gasteiger partial charge on any atom is -0.467 e. The molecule has 0 N–H and O–H groups in total. The average molecular weight is 547 g/mol. The molecular weight excluding hydrogens is 492 g/mol. The van der Waals surface area contributed by atoms with Gasteiger partial charge in [-0.3, -0.25) is 0 Å². The number of allylic oxidation sites excluding steroid dienone is 1. The Morgan fingerprint density at radius 3 is 2.08 bits per heavy atom. The van der Waals surface area contributed by atoms with Crippen LogP contribution in [0.25, 0.3) is 0 Å². The van der Waals surface area contributed by atoms with Crippen LogP contribution in [-0.2, 0) is 26.9 Å². The van der Waals surface area contributed by atoms with Crippen LogP contribution in [0, 0.1) is 22.7 Å². The fraction of sp³-hybridized carbons (Fsp3) is 0.750. The maximum absolute atomic E-state index is 6.57. The van der Waals surface area contributed by atoms with Gasteiger partial charge in [0.15, 0.2) is 21.9 Å². The zero-order valence-electron chi connectivity index (χ0n) is 25.9. The third-order valence-corrected chi connectivity index (χ3v) is 14.5. The van der Waals surface area contributed by atoms with Crippen LogP contribution in [0.15, 0.2) is 24.3 Å². The van der Waals surface area contributed by atoms with Gasteiger partial charge in [0.2, 0.25) is 0 Å². The van der Waals surface area contributed by atoms with Crippen molar-refractivity contribution in [2.45, 2.75) is 105 Å². The molecule has 0 amide bonds. The highest BCUT2D eigenvalue weighted by Crippen LogP contribution is 2.61. The number of ether oxygens (including phenoxy) is 4. The van der Waals surface area contributed by atoms with E-state index >= 15 is 0 Å². The van der Waals surface area contributed by atoms with E-state index in [1.54, 1.807) is 14.2 Å². The number of rotatable bonds is 11. The van der Waals surface area contributed by atoms with Gasteiger partial charge in [0.25, 0.3) is 0 Å². The monoisotopic (exact) mass is 546 g/mol. The third-order valence-electron chi connectivity index (χ3n) is 10.0. The van der Waals surface area contributed by atoms with Crippen LogP contribution in [0.4, 0.5) is 0 Å². The van der Waals surface area contributed by atoms with Crippen molar-refractivity contribution < 1.29 is 23.4 Å². The Balaban J connectivity index is 2.02. The fourth-order valence-corrected chi connectivity index (χ4v) is 7.76. The van der Waals surface area contributed by atoms with Crippen LogP contribution in [0.1, 0.15) is 84.8 Å². The molecule has 3 rings (SSSR count). The molecule has 3 atom stereocenters. The van der Waals surface area contributed by atoms with E-state index < -0.39 is 8.32 Å². The van der Waals surface area contributed by atoms with Crippen LogP contribution < -0.4 is 9.47 Å². The van der Waals surface area contributed by atoms with Crippen molar-refractivity contribution in [1.29, 1.82) is 0 Å². The quantitative estimate of drug-likeness (QED) is 0.158. The molecule has 0 unspecified atom stereocenters. The van der Waals surface area contributed by atoms with Crippen LogP contribution >= 0.6 is 0 Å². The van der Waals surface area contributed by atoms with Gasteiger partial charge in [-0.05, 0) is 90.6 Å². The lowest BCUT2D eigenvalue weighted by Crippen LogP contribution is -2.50. The summed E-state index contributed by atoms with van der Waals surface area (Å²) in [4.78, 5) is 0. The van der Waals surface area contributed by atoms with Gasteiger partial charge < -0.3 is 23.4 Å². The predicted molar refractivity (Wildman–Crippen MR) is 158 cm³/mol. The number of methoxy groups -OCH3 is 2. The summed E-state index contributed by atoms with van der Waals surface area (Å²) in [5, 5.41) is 0.138. The molecular formula is C32H54O5Si. The molecule has 5 nitrogen and oxygen atoms in total. The highest BCUT2D eigenvalue weighted by Gasteiger charge is 2.53. The minimum atomic E-state index is -1.92. The minimum absolute atomic E-state index is 0.138. The molecule has 2 aliphatic carbocycles. The van der Waals surface area contributed by atoms with E-state index in [-0.39, 0.29) is 24.0 Å². The molecule has 0 aliphatic heterocycles. The van der Waals surface area contributed by atoms with Crippen molar-refractivity contribution >= 4 is 8.32 Å². The van der Waals surface area contributed by atoms with Crippen LogP contribution in [0.3, 0.4) is 0 Å². The molecule has 38 heavy (non-hydrogen) atoms. The molecule has 1 aromatic carbocycles. The Morgan fingerprint density at radius 2 is 1.55 bits per heavy atom. The first-order valence-electron chi connectivity index (χ1n) is 14.4. The highest BCUT2D eigenvalue weighted by molar-refractivity contribution is 6.74. The zero-order valence-corrected chi connectivity index (χ0v) is 26.9. The van der Waals surface area contributed by atoms with E-state index in [1.807, 2.05) is 0 Å². The van der Waals surface area contributed by atoms with Crippen molar-refractivity contribution in [3.8, 4) is 11.5 Å². The van der Waals surface area contributed by atoms with Gasteiger partial charge in [0, 0.05) is 19.8 Å². The van der Waals surface area contributed by atoms with Crippen molar-refractivity contribution in [3.63, 3.8) is 0 Å². The summed E-state index contributed by atoms with van der Waals surface area (Å²) >= 11 is 0. The van der Waals surface area contributed by atoms with Gasteiger partial charge >= 0.3 is 0 Å². The van der Waals surface area contributed by atoms with E-state index in [9.17, 15) is 0 Å². The van der Waals surface area contributed by atoms with Gasteiger partial charge in [0.1, 0.15) is 11.5 Å². The highest BCUT2D eigenvalue weighted by atomic mass is 28.4. The molecule has 6 heteroatoms. The van der Waals surface area contributed by atoms with Gasteiger partial charge in [-0.25, -0.2) is 0 Å². The maximum Gasteiger partial charge on any atom is 0.192 e. The first-order valence-corrected chi connectivity index (χ1v) is 17.3. The summed E-state index contributed by atoms with van der Waals surface area (Å²) in [5.74, 6) is 2.67. The molecule has 0 radical (unpaired) electrons. The lowest BCUT2D eigenvalue weighted by molar-refractivity contribution is -0.0522. The van der Waals surface area contributed by atoms with Gasteiger partial charge in [0.05, 0.1) is 6.61 Å². The van der Waals surface area contributed by atoms with Crippen LogP contribution in [-0.4, -0.2) is 36.1 Å². The summed E-state index contributed by atoms with van der Waals surface area (Å²) in [6.45, 7) is 24.3. The Labute approximate surface area is 233 Å². The number of benzene rings is 1. The fourth-order valence-electron chi connectivity index (χ4n) is 6.80. The Bertz CT molecular complexity index is 934. The molecule has 0 bridgehead atoms. The molecule has 2 saturated carbocycles. The van der Waals surface area contributed by atoms with Crippen molar-refractivity contribution in [2.75, 3.05) is 27.8 Å². The number of hydrogen-bond donors (Lipinski definition) is 0. The number of fused-ring (bicyclic) bond motifs is 1. The smallest absolute Gasteiger partial charge is 0.192 e. The van der Waals surface area contributed by atoms with Gasteiger partial charge in [-0.1, -0.05) is 60.1 Å². The lowest BCUT2D eigenvalue weighted by Gasteiger charge is -2.58. The van der Waals surface area contributed by atoms with Crippen LogP contribution in [0.2, 0.25) is 18.1 Å². The topological polar surface area (TPSA) is 46.2 Å². The third kappa shape index (κ3) is 6.68. The molecule has 0 spiro atoms. The first kappa shape index (κ1) is 31.2. The summed E-state index contributed by atoms with van der Waals surface area (Å²) in [5.41, 5.74) is 4.04. The molecule has 216 valence electrons. The standard InChI is InChI=1S/C32H54O5Si/c1-23-13-14-29-31(5,6)15-12-16-32(29,7)26(23)19-25-27(35-21-33-8)17-24(18-28(25)36-22-34-9)20-37-38(10,11)30(2,3)4/h17-18,26,29H,1,12-16,19-22H2,2-11H3/t26-,29-,32+/m0/s1. The van der Waals surface area contributed by atoms with E-state index in [2.05, 4.69) is 73.3 Å². The Morgan fingerprint density at radius 1 is 0.974 bits per heavy atom. The van der Waals surface area contributed by atoms with Crippen molar-refractivity contribution in [3.05, 3.63) is 35.4 Å². The average Bonchev–Trinajstić information content (AvgIpc) is 2.81. The van der Waals surface area contributed by atoms with E-state index in [0.29, 0.717) is 23.9 Å². The molecule has 2 fully saturated rings. The van der Waals surface area contributed by atoms with Crippen molar-refractivity contribution in [1.82, 2.24) is 0 Å². The summed E-state index contributed by atoms with van der Waals surface area (Å²) in [6.07, 6.45) is 6.99. The number of hydrogen-bond acceptors (Lipinski definition) is 5. The maximum atomic E-state index is 6.57. The van der Waals surface area contributed by atoms with E-state index in [0.717, 1.165) is 35.5 Å². The van der Waals surface area contributed by atoms with Gasteiger partial charge in [-0.15, -0.1) is 0 Å². The molecule has 0 aromatic heterocycles. The second-order valence-corrected chi connectivity index (χ2v) is 18.9. The molecule has 0 heterocycles. The van der Waals surface area contributed by atoms with Gasteiger partial charge in [-0.2, -0.15) is 0 Å². The largest absolute Gasteiger partial charge is 0.467 e. The SMILES string of the molecule is C=C1CC[C@H]2C(C)(C)CCC[C@]2(C)[C@H]1Cc1c(OCOC)cc(CO[Si](C)(C)C(C)(C)C)cc1OCOC. The zero-order chi connectivity index (χ0) is 28.4. The second-order valence-electron chi connectivity index (χ2n) is 14.1. The predicted octanol–water partition coefficient (Wildman–Crippen LogP) is 8.52.